The molecule has 29 heavy (non-hydrogen) atoms. The van der Waals surface area contributed by atoms with Gasteiger partial charge in [-0.3, -0.25) is 10.1 Å². The molecular formula is C20H16FN3O4S. The van der Waals surface area contributed by atoms with Gasteiger partial charge < -0.3 is 13.7 Å². The fourth-order valence-electron chi connectivity index (χ4n) is 3.05. The van der Waals surface area contributed by atoms with Crippen LogP contribution in [0.4, 0.5) is 9.52 Å². The molecule has 0 atom stereocenters. The highest BCUT2D eigenvalue weighted by Crippen LogP contribution is 2.26. The van der Waals surface area contributed by atoms with Crippen LogP contribution in [0, 0.1) is 12.7 Å². The Morgan fingerprint density at radius 1 is 1.31 bits per heavy atom. The molecule has 4 aromatic rings. The highest BCUT2D eigenvalue weighted by molar-refractivity contribution is 7.17. The van der Waals surface area contributed by atoms with E-state index in [2.05, 4.69) is 10.3 Å². The number of furan rings is 1. The van der Waals surface area contributed by atoms with Gasteiger partial charge in [0.1, 0.15) is 16.4 Å². The Hall–Kier alpha value is -3.46. The molecule has 3 heterocycles. The van der Waals surface area contributed by atoms with Crippen LogP contribution in [0.1, 0.15) is 31.4 Å². The predicted octanol–water partition coefficient (Wildman–Crippen LogP) is 4.23. The van der Waals surface area contributed by atoms with Crippen molar-refractivity contribution in [3.05, 3.63) is 70.3 Å². The second-order valence-electron chi connectivity index (χ2n) is 6.29. The van der Waals surface area contributed by atoms with Gasteiger partial charge in [-0.2, -0.15) is 0 Å². The highest BCUT2D eigenvalue weighted by Gasteiger charge is 2.21. The zero-order chi connectivity index (χ0) is 20.5. The Kier molecular flexibility index (Phi) is 4.89. The molecule has 0 fully saturated rings. The van der Waals surface area contributed by atoms with E-state index < -0.39 is 11.9 Å². The van der Waals surface area contributed by atoms with Crippen molar-refractivity contribution in [1.82, 2.24) is 9.55 Å². The molecule has 7 nitrogen and oxygen atoms in total. The summed E-state index contributed by atoms with van der Waals surface area (Å²) in [5.74, 6) is -1.27. The molecule has 0 saturated heterocycles. The summed E-state index contributed by atoms with van der Waals surface area (Å²) in [6.45, 7) is 1.95. The van der Waals surface area contributed by atoms with E-state index in [1.807, 2.05) is 0 Å². The average molecular weight is 413 g/mol. The normalized spacial score (nSPS) is 11.0. The number of anilines is 1. The largest absolute Gasteiger partial charge is 0.465 e. The minimum absolute atomic E-state index is 0.281. The monoisotopic (exact) mass is 413 g/mol. The maximum atomic E-state index is 13.6. The van der Waals surface area contributed by atoms with Crippen LogP contribution in [0.15, 0.2) is 47.1 Å². The molecule has 0 radical (unpaired) electrons. The Balaban J connectivity index is 1.66. The second-order valence-corrected chi connectivity index (χ2v) is 7.29. The quantitative estimate of drug-likeness (QED) is 0.495. The van der Waals surface area contributed by atoms with E-state index in [0.29, 0.717) is 32.9 Å². The van der Waals surface area contributed by atoms with E-state index in [1.165, 1.54) is 25.5 Å². The number of halogens is 1. The van der Waals surface area contributed by atoms with E-state index in [4.69, 9.17) is 9.15 Å². The van der Waals surface area contributed by atoms with Crippen molar-refractivity contribution in [1.29, 1.82) is 0 Å². The van der Waals surface area contributed by atoms with E-state index in [0.717, 1.165) is 11.3 Å². The number of carbonyl (C=O) groups is 2. The first-order valence-corrected chi connectivity index (χ1v) is 9.46. The molecule has 9 heteroatoms. The first kappa shape index (κ1) is 18.9. The number of amides is 1. The number of nitrogens with one attached hydrogen (secondary N) is 1. The number of nitrogens with zero attached hydrogens (tertiary/aromatic N) is 2. The van der Waals surface area contributed by atoms with Crippen LogP contribution in [0.25, 0.3) is 11.1 Å². The van der Waals surface area contributed by atoms with Crippen molar-refractivity contribution in [3.8, 4) is 0 Å². The predicted molar refractivity (Wildman–Crippen MR) is 106 cm³/mol. The SMILES string of the molecule is COC(=O)c1sc(NC(=O)c2cc3occc3n2Cc2cccc(F)c2)nc1C. The Bertz CT molecular complexity index is 1220. The Labute approximate surface area is 168 Å². The number of fused-ring (bicyclic) bond motifs is 1. The van der Waals surface area contributed by atoms with Gasteiger partial charge in [-0.05, 0) is 24.6 Å². The number of aryl methyl sites for hydroxylation is 1. The number of hydrogen-bond donors (Lipinski definition) is 1. The molecule has 0 bridgehead atoms. The summed E-state index contributed by atoms with van der Waals surface area (Å²) in [5, 5.41) is 2.99. The van der Waals surface area contributed by atoms with Crippen molar-refractivity contribution in [3.63, 3.8) is 0 Å². The summed E-state index contributed by atoms with van der Waals surface area (Å²) in [7, 11) is 1.29. The summed E-state index contributed by atoms with van der Waals surface area (Å²) < 4.78 is 25.5. The van der Waals surface area contributed by atoms with Gasteiger partial charge in [-0.1, -0.05) is 23.5 Å². The lowest BCUT2D eigenvalue weighted by atomic mass is 10.2. The number of thiazole rings is 1. The van der Waals surface area contributed by atoms with Crippen LogP contribution in [0.2, 0.25) is 0 Å². The average Bonchev–Trinajstić information content (AvgIpc) is 3.37. The summed E-state index contributed by atoms with van der Waals surface area (Å²) in [6.07, 6.45) is 1.53. The van der Waals surface area contributed by atoms with Gasteiger partial charge in [0, 0.05) is 18.7 Å². The summed E-state index contributed by atoms with van der Waals surface area (Å²) >= 11 is 1.04. The third-order valence-electron chi connectivity index (χ3n) is 4.37. The first-order chi connectivity index (χ1) is 14.0. The van der Waals surface area contributed by atoms with Crippen molar-refractivity contribution in [2.24, 2.45) is 0 Å². The molecule has 4 rings (SSSR count). The van der Waals surface area contributed by atoms with Crippen molar-refractivity contribution < 1.29 is 23.1 Å². The number of methoxy groups -OCH3 is 1. The third-order valence-corrected chi connectivity index (χ3v) is 5.43. The Morgan fingerprint density at radius 3 is 2.90 bits per heavy atom. The number of carbonyl (C=O) groups excluding carboxylic acids is 2. The van der Waals surface area contributed by atoms with E-state index in [1.54, 1.807) is 35.8 Å². The van der Waals surface area contributed by atoms with E-state index in [9.17, 15) is 14.0 Å². The molecular weight excluding hydrogens is 397 g/mol. The molecule has 148 valence electrons. The molecule has 0 aliphatic heterocycles. The van der Waals surface area contributed by atoms with Crippen molar-refractivity contribution in [2.75, 3.05) is 12.4 Å². The van der Waals surface area contributed by atoms with Crippen LogP contribution < -0.4 is 5.32 Å². The third kappa shape index (κ3) is 3.64. The molecule has 1 aromatic carbocycles. The molecule has 0 spiro atoms. The van der Waals surface area contributed by atoms with Gasteiger partial charge in [0.15, 0.2) is 10.7 Å². The van der Waals surface area contributed by atoms with Gasteiger partial charge in [-0.15, -0.1) is 0 Å². The number of esters is 1. The standard InChI is InChI=1S/C20H16FN3O4S/c1-11-17(19(26)27-2)29-20(22-11)23-18(25)15-9-16-14(6-7-28-16)24(15)10-12-4-3-5-13(21)8-12/h3-9H,10H2,1-2H3,(H,22,23,25). The summed E-state index contributed by atoms with van der Waals surface area (Å²) in [4.78, 5) is 29.2. The molecule has 1 N–H and O–H groups in total. The van der Waals surface area contributed by atoms with Gasteiger partial charge in [0.05, 0.1) is 24.6 Å². The zero-order valence-electron chi connectivity index (χ0n) is 15.6. The van der Waals surface area contributed by atoms with Crippen molar-refractivity contribution in [2.45, 2.75) is 13.5 Å². The van der Waals surface area contributed by atoms with Gasteiger partial charge in [0.25, 0.3) is 5.91 Å². The lowest BCUT2D eigenvalue weighted by Gasteiger charge is -2.10. The number of rotatable bonds is 5. The molecule has 0 unspecified atom stereocenters. The molecule has 0 saturated carbocycles. The minimum Gasteiger partial charge on any atom is -0.465 e. The molecule has 0 aliphatic carbocycles. The van der Waals surface area contributed by atoms with Gasteiger partial charge >= 0.3 is 5.97 Å². The van der Waals surface area contributed by atoms with Crippen LogP contribution in [0.5, 0.6) is 0 Å². The summed E-state index contributed by atoms with van der Waals surface area (Å²) in [5.41, 5.74) is 2.76. The highest BCUT2D eigenvalue weighted by atomic mass is 32.1. The van der Waals surface area contributed by atoms with Gasteiger partial charge in [0.2, 0.25) is 0 Å². The Morgan fingerprint density at radius 2 is 2.14 bits per heavy atom. The maximum absolute atomic E-state index is 13.6. The maximum Gasteiger partial charge on any atom is 0.350 e. The number of ether oxygens (including phenoxy) is 1. The van der Waals surface area contributed by atoms with E-state index in [-0.39, 0.29) is 17.5 Å². The number of hydrogen-bond acceptors (Lipinski definition) is 6. The van der Waals surface area contributed by atoms with Crippen LogP contribution >= 0.6 is 11.3 Å². The minimum atomic E-state index is -0.507. The second kappa shape index (κ2) is 7.51. The van der Waals surface area contributed by atoms with Crippen LogP contribution in [0.3, 0.4) is 0 Å². The molecule has 0 aliphatic rings. The fourth-order valence-corrected chi connectivity index (χ4v) is 3.93. The van der Waals surface area contributed by atoms with Crippen molar-refractivity contribution >= 4 is 39.4 Å². The van der Waals surface area contributed by atoms with Crippen LogP contribution in [-0.2, 0) is 11.3 Å². The lowest BCUT2D eigenvalue weighted by molar-refractivity contribution is 0.0605. The zero-order valence-corrected chi connectivity index (χ0v) is 16.4. The first-order valence-electron chi connectivity index (χ1n) is 8.64. The van der Waals surface area contributed by atoms with Crippen LogP contribution in [-0.4, -0.2) is 28.5 Å². The summed E-state index contributed by atoms with van der Waals surface area (Å²) in [6, 6.07) is 9.54. The number of benzene rings is 1. The fraction of sp³-hybridized carbons (Fsp3) is 0.150. The number of aromatic nitrogens is 2. The molecule has 3 aromatic heterocycles. The smallest absolute Gasteiger partial charge is 0.350 e. The van der Waals surface area contributed by atoms with Gasteiger partial charge in [-0.25, -0.2) is 14.2 Å². The van der Waals surface area contributed by atoms with E-state index >= 15 is 0 Å². The topological polar surface area (TPSA) is 86.4 Å². The molecule has 1 amide bonds. The lowest BCUT2D eigenvalue weighted by Crippen LogP contribution is -2.17.